The second-order valence-electron chi connectivity index (χ2n) is 3.47. The quantitative estimate of drug-likeness (QED) is 0.497. The summed E-state index contributed by atoms with van der Waals surface area (Å²) in [5.74, 6) is -1.60. The lowest BCUT2D eigenvalue weighted by Gasteiger charge is -2.09. The van der Waals surface area contributed by atoms with Crippen molar-refractivity contribution in [2.45, 2.75) is 19.8 Å². The van der Waals surface area contributed by atoms with E-state index in [-0.39, 0.29) is 12.2 Å². The van der Waals surface area contributed by atoms with Gasteiger partial charge < -0.3 is 20.6 Å². The van der Waals surface area contributed by atoms with Crippen molar-refractivity contribution in [3.8, 4) is 0 Å². The van der Waals surface area contributed by atoms with Gasteiger partial charge in [0.2, 0.25) is 0 Å². The molecule has 1 aromatic heterocycles. The Morgan fingerprint density at radius 3 is 2.74 bits per heavy atom. The topological polar surface area (TPSA) is 108 Å². The number of rotatable bonds is 5. The molecule has 9 heteroatoms. The number of nitrogen functional groups attached to an aromatic ring is 1. The van der Waals surface area contributed by atoms with Crippen molar-refractivity contribution >= 4 is 17.5 Å². The fourth-order valence-corrected chi connectivity index (χ4v) is 1.48. The van der Waals surface area contributed by atoms with Gasteiger partial charge in [0.1, 0.15) is 11.9 Å². The summed E-state index contributed by atoms with van der Waals surface area (Å²) in [6.45, 7) is 1.66. The van der Waals surface area contributed by atoms with Gasteiger partial charge in [0.05, 0.1) is 18.6 Å². The molecule has 0 saturated heterocycles. The molecule has 0 aliphatic rings. The highest BCUT2D eigenvalue weighted by atomic mass is 19.3. The predicted molar refractivity (Wildman–Crippen MR) is 60.6 cm³/mol. The van der Waals surface area contributed by atoms with E-state index in [0.29, 0.717) is 0 Å². The molecule has 104 valence electrons. The lowest BCUT2D eigenvalue weighted by molar-refractivity contribution is -0.388. The average Bonchev–Trinajstić information content (AvgIpc) is 2.28. The Balaban J connectivity index is 3.22. The van der Waals surface area contributed by atoms with Crippen LogP contribution in [0.15, 0.2) is 6.20 Å². The normalized spacial score (nSPS) is 10.5. The van der Waals surface area contributed by atoms with Gasteiger partial charge in [-0.25, -0.2) is 8.78 Å². The van der Waals surface area contributed by atoms with E-state index in [0.717, 1.165) is 6.20 Å². The maximum absolute atomic E-state index is 12.9. The third-order valence-electron chi connectivity index (χ3n) is 2.25. The van der Waals surface area contributed by atoms with Crippen molar-refractivity contribution < 1.29 is 23.2 Å². The van der Waals surface area contributed by atoms with E-state index < -0.39 is 40.8 Å². The van der Waals surface area contributed by atoms with Gasteiger partial charge in [-0.2, -0.15) is 0 Å². The van der Waals surface area contributed by atoms with Crippen LogP contribution in [0.3, 0.4) is 0 Å². The van der Waals surface area contributed by atoms with Gasteiger partial charge >= 0.3 is 11.8 Å². The molecule has 0 amide bonds. The van der Waals surface area contributed by atoms with Crippen molar-refractivity contribution in [1.82, 2.24) is 4.98 Å². The fourth-order valence-electron chi connectivity index (χ4n) is 1.48. The summed E-state index contributed by atoms with van der Waals surface area (Å²) in [6.07, 6.45) is -2.68. The average molecular weight is 275 g/mol. The minimum atomic E-state index is -3.05. The van der Waals surface area contributed by atoms with Crippen LogP contribution in [0.25, 0.3) is 0 Å². The number of nitrogens with two attached hydrogens (primary N) is 1. The standard InChI is InChI=1S/C10H11F2N3O4/c1-2-19-6(16)3-5-4-14-10(15(17)18)8(13)7(5)9(11)12/h4,9H,2-3,13H2,1H3. The Morgan fingerprint density at radius 1 is 1.63 bits per heavy atom. The first-order valence-corrected chi connectivity index (χ1v) is 5.23. The van der Waals surface area contributed by atoms with Gasteiger partial charge in [-0.15, -0.1) is 0 Å². The monoisotopic (exact) mass is 275 g/mol. The Labute approximate surface area is 106 Å². The molecule has 19 heavy (non-hydrogen) atoms. The number of halogens is 2. The second kappa shape index (κ2) is 6.03. The lowest BCUT2D eigenvalue weighted by Crippen LogP contribution is -2.12. The third kappa shape index (κ3) is 3.33. The summed E-state index contributed by atoms with van der Waals surface area (Å²) in [4.78, 5) is 24.2. The zero-order chi connectivity index (χ0) is 14.6. The van der Waals surface area contributed by atoms with Gasteiger partial charge in [-0.1, -0.05) is 0 Å². The molecule has 0 saturated carbocycles. The number of pyridine rings is 1. The molecule has 1 aromatic rings. The van der Waals surface area contributed by atoms with Crippen LogP contribution in [-0.2, 0) is 16.0 Å². The van der Waals surface area contributed by atoms with E-state index in [4.69, 9.17) is 5.73 Å². The number of esters is 1. The molecule has 0 fully saturated rings. The second-order valence-corrected chi connectivity index (χ2v) is 3.47. The molecular weight excluding hydrogens is 264 g/mol. The minimum absolute atomic E-state index is 0.0960. The zero-order valence-corrected chi connectivity index (χ0v) is 9.93. The van der Waals surface area contributed by atoms with Crippen molar-refractivity contribution in [3.63, 3.8) is 0 Å². The number of alkyl halides is 2. The van der Waals surface area contributed by atoms with Crippen LogP contribution < -0.4 is 5.73 Å². The summed E-state index contributed by atoms with van der Waals surface area (Å²) in [7, 11) is 0. The molecule has 7 nitrogen and oxygen atoms in total. The van der Waals surface area contributed by atoms with Gasteiger partial charge in [0, 0.05) is 5.56 Å². The van der Waals surface area contributed by atoms with Crippen LogP contribution in [0.1, 0.15) is 24.5 Å². The van der Waals surface area contributed by atoms with E-state index in [2.05, 4.69) is 9.72 Å². The Bertz CT molecular complexity index is 508. The molecule has 0 aliphatic heterocycles. The maximum atomic E-state index is 12.9. The van der Waals surface area contributed by atoms with Gasteiger partial charge in [-0.05, 0) is 16.8 Å². The number of hydrogen-bond acceptors (Lipinski definition) is 6. The Morgan fingerprint density at radius 2 is 2.26 bits per heavy atom. The van der Waals surface area contributed by atoms with Crippen molar-refractivity contribution in [2.24, 2.45) is 0 Å². The van der Waals surface area contributed by atoms with Crippen molar-refractivity contribution in [3.05, 3.63) is 27.4 Å². The number of aromatic nitrogens is 1. The third-order valence-corrected chi connectivity index (χ3v) is 2.25. The molecule has 0 aliphatic carbocycles. The molecule has 0 radical (unpaired) electrons. The molecule has 0 spiro atoms. The lowest BCUT2D eigenvalue weighted by atomic mass is 10.1. The molecule has 0 atom stereocenters. The molecule has 0 bridgehead atoms. The van der Waals surface area contributed by atoms with Crippen LogP contribution in [0, 0.1) is 10.1 Å². The summed E-state index contributed by atoms with van der Waals surface area (Å²) in [5, 5.41) is 10.6. The van der Waals surface area contributed by atoms with Gasteiger partial charge in [0.25, 0.3) is 6.43 Å². The first kappa shape index (κ1) is 14.7. The number of nitro groups is 1. The molecule has 2 N–H and O–H groups in total. The molecule has 1 heterocycles. The minimum Gasteiger partial charge on any atom is -0.466 e. The maximum Gasteiger partial charge on any atom is 0.387 e. The largest absolute Gasteiger partial charge is 0.466 e. The van der Waals surface area contributed by atoms with E-state index in [1.54, 1.807) is 6.92 Å². The number of carbonyl (C=O) groups excluding carboxylic acids is 1. The number of anilines is 1. The van der Waals surface area contributed by atoms with Crippen molar-refractivity contribution in [2.75, 3.05) is 12.3 Å². The van der Waals surface area contributed by atoms with Crippen molar-refractivity contribution in [1.29, 1.82) is 0 Å². The van der Waals surface area contributed by atoms with Crippen LogP contribution in [0.5, 0.6) is 0 Å². The summed E-state index contributed by atoms with van der Waals surface area (Å²) >= 11 is 0. The highest BCUT2D eigenvalue weighted by Crippen LogP contribution is 2.33. The Kier molecular flexibility index (Phi) is 4.67. The SMILES string of the molecule is CCOC(=O)Cc1cnc([N+](=O)[O-])c(N)c1C(F)F. The molecule has 0 aromatic carbocycles. The Hall–Kier alpha value is -2.32. The number of nitrogens with zero attached hydrogens (tertiary/aromatic N) is 2. The number of ether oxygens (including phenoxy) is 1. The van der Waals surface area contributed by atoms with E-state index in [1.165, 1.54) is 0 Å². The first-order valence-electron chi connectivity index (χ1n) is 5.23. The molecule has 0 unspecified atom stereocenters. The van der Waals surface area contributed by atoms with Gasteiger partial charge in [0.15, 0.2) is 0 Å². The van der Waals surface area contributed by atoms with Crippen LogP contribution in [-0.4, -0.2) is 22.5 Å². The van der Waals surface area contributed by atoms with Gasteiger partial charge in [-0.3, -0.25) is 4.79 Å². The smallest absolute Gasteiger partial charge is 0.387 e. The van der Waals surface area contributed by atoms with E-state index >= 15 is 0 Å². The molecule has 1 rings (SSSR count). The van der Waals surface area contributed by atoms with Crippen LogP contribution in [0.2, 0.25) is 0 Å². The highest BCUT2D eigenvalue weighted by molar-refractivity contribution is 5.75. The van der Waals surface area contributed by atoms with E-state index in [9.17, 15) is 23.7 Å². The highest BCUT2D eigenvalue weighted by Gasteiger charge is 2.27. The number of hydrogen-bond donors (Lipinski definition) is 1. The summed E-state index contributed by atoms with van der Waals surface area (Å²) in [6, 6.07) is 0. The first-order chi connectivity index (χ1) is 8.88. The van der Waals surface area contributed by atoms with Crippen LogP contribution in [0.4, 0.5) is 20.3 Å². The zero-order valence-electron chi connectivity index (χ0n) is 9.93. The van der Waals surface area contributed by atoms with Crippen LogP contribution >= 0.6 is 0 Å². The number of carbonyl (C=O) groups is 1. The summed E-state index contributed by atoms with van der Waals surface area (Å²) in [5.41, 5.74) is 3.63. The fraction of sp³-hybridized carbons (Fsp3) is 0.400. The summed E-state index contributed by atoms with van der Waals surface area (Å²) < 4.78 is 30.4. The predicted octanol–water partition coefficient (Wildman–Crippen LogP) is 1.62. The van der Waals surface area contributed by atoms with E-state index in [1.807, 2.05) is 0 Å². The molecular formula is C10H11F2N3O4.